The van der Waals surface area contributed by atoms with E-state index < -0.39 is 6.04 Å². The van der Waals surface area contributed by atoms with Crippen LogP contribution in [-0.4, -0.2) is 47.9 Å². The largest absolute Gasteiger partial charge is 0.489 e. The van der Waals surface area contributed by atoms with E-state index in [1.807, 2.05) is 12.1 Å². The van der Waals surface area contributed by atoms with E-state index in [0.717, 1.165) is 30.8 Å². The number of nitrogens with one attached hydrogen (secondary N) is 2. The van der Waals surface area contributed by atoms with Crippen LogP contribution in [-0.2, 0) is 16.1 Å². The number of imide groups is 1. The average Bonchev–Trinajstić information content (AvgIpc) is 3.16. The smallest absolute Gasteiger partial charge is 0.255 e. The van der Waals surface area contributed by atoms with Crippen LogP contribution in [0.2, 0.25) is 0 Å². The highest BCUT2D eigenvalue weighted by Crippen LogP contribution is 2.30. The van der Waals surface area contributed by atoms with Crippen LogP contribution in [0.1, 0.15) is 35.2 Å². The first-order chi connectivity index (χ1) is 11.6. The van der Waals surface area contributed by atoms with Crippen molar-refractivity contribution in [2.45, 2.75) is 38.0 Å². The Bertz CT molecular complexity index is 718. The first kappa shape index (κ1) is 17.7. The Morgan fingerprint density at radius 2 is 2.00 bits per heavy atom. The van der Waals surface area contributed by atoms with Crippen molar-refractivity contribution in [3.63, 3.8) is 0 Å². The minimum atomic E-state index is -0.578. The van der Waals surface area contributed by atoms with Gasteiger partial charge in [0.1, 0.15) is 17.9 Å². The van der Waals surface area contributed by atoms with E-state index in [1.165, 1.54) is 0 Å². The predicted octanol–water partition coefficient (Wildman–Crippen LogP) is 0.610. The van der Waals surface area contributed by atoms with Gasteiger partial charge in [-0.3, -0.25) is 19.7 Å². The van der Waals surface area contributed by atoms with Crippen molar-refractivity contribution in [1.29, 1.82) is 0 Å². The molecule has 2 saturated heterocycles. The number of rotatable bonds is 3. The number of nitrogens with zero attached hydrogens (tertiary/aromatic N) is 1. The Labute approximate surface area is 151 Å². The molecule has 0 spiro atoms. The quantitative estimate of drug-likeness (QED) is 0.766. The molecular weight excluding hydrogens is 346 g/mol. The van der Waals surface area contributed by atoms with E-state index >= 15 is 0 Å². The number of hydrogen-bond donors (Lipinski definition) is 2. The lowest BCUT2D eigenvalue weighted by Gasteiger charge is -2.29. The van der Waals surface area contributed by atoms with Gasteiger partial charge in [0.25, 0.3) is 5.91 Å². The van der Waals surface area contributed by atoms with Gasteiger partial charge in [-0.2, -0.15) is 0 Å². The lowest BCUT2D eigenvalue weighted by atomic mass is 10.0. The molecule has 2 atom stereocenters. The molecular formula is C17H20ClN3O4. The molecule has 1 aromatic rings. The summed E-state index contributed by atoms with van der Waals surface area (Å²) in [4.78, 5) is 37.5. The minimum Gasteiger partial charge on any atom is -0.489 e. The summed E-state index contributed by atoms with van der Waals surface area (Å²) in [5.74, 6) is -0.0730. The molecule has 0 saturated carbocycles. The molecule has 3 aliphatic rings. The SMILES string of the molecule is Cl.O=C1CCC(N2Cc3cc(OC4CCNC4)ccc3C2=O)C(=O)N1. The number of carbonyl (C=O) groups is 3. The molecule has 4 rings (SSSR count). The first-order valence-electron chi connectivity index (χ1n) is 8.27. The number of fused-ring (bicyclic) bond motifs is 1. The highest BCUT2D eigenvalue weighted by molar-refractivity contribution is 6.05. The fourth-order valence-corrected chi connectivity index (χ4v) is 3.55. The molecule has 3 aliphatic heterocycles. The molecule has 134 valence electrons. The topological polar surface area (TPSA) is 87.7 Å². The Kier molecular flexibility index (Phi) is 4.96. The molecule has 0 bridgehead atoms. The molecule has 8 heteroatoms. The van der Waals surface area contributed by atoms with E-state index in [0.29, 0.717) is 18.5 Å². The Morgan fingerprint density at radius 1 is 1.16 bits per heavy atom. The van der Waals surface area contributed by atoms with E-state index in [2.05, 4.69) is 10.6 Å². The molecule has 25 heavy (non-hydrogen) atoms. The molecule has 2 unspecified atom stereocenters. The highest BCUT2D eigenvalue weighted by atomic mass is 35.5. The maximum absolute atomic E-state index is 12.6. The van der Waals surface area contributed by atoms with Crippen molar-refractivity contribution in [3.05, 3.63) is 29.3 Å². The lowest BCUT2D eigenvalue weighted by Crippen LogP contribution is -2.52. The normalized spacial score (nSPS) is 25.4. The third-order valence-corrected chi connectivity index (χ3v) is 4.81. The summed E-state index contributed by atoms with van der Waals surface area (Å²) >= 11 is 0. The number of hydrogen-bond acceptors (Lipinski definition) is 5. The van der Waals surface area contributed by atoms with E-state index in [4.69, 9.17) is 4.74 Å². The summed E-state index contributed by atoms with van der Waals surface area (Å²) in [7, 11) is 0. The Morgan fingerprint density at radius 3 is 2.72 bits per heavy atom. The summed E-state index contributed by atoms with van der Waals surface area (Å²) in [6.07, 6.45) is 1.77. The zero-order valence-electron chi connectivity index (χ0n) is 13.6. The maximum atomic E-state index is 12.6. The molecule has 0 aromatic heterocycles. The van der Waals surface area contributed by atoms with Gasteiger partial charge in [0.2, 0.25) is 11.8 Å². The summed E-state index contributed by atoms with van der Waals surface area (Å²) in [5.41, 5.74) is 1.48. The zero-order chi connectivity index (χ0) is 16.7. The Hall–Kier alpha value is -2.12. The number of carbonyl (C=O) groups excluding carboxylic acids is 3. The number of amides is 3. The number of piperidine rings is 1. The van der Waals surface area contributed by atoms with E-state index in [1.54, 1.807) is 11.0 Å². The van der Waals surface area contributed by atoms with E-state index in [-0.39, 0.29) is 42.7 Å². The van der Waals surface area contributed by atoms with Gasteiger partial charge in [0.15, 0.2) is 0 Å². The molecule has 2 fully saturated rings. The van der Waals surface area contributed by atoms with Crippen LogP contribution < -0.4 is 15.4 Å². The van der Waals surface area contributed by atoms with E-state index in [9.17, 15) is 14.4 Å². The number of ether oxygens (including phenoxy) is 1. The summed E-state index contributed by atoms with van der Waals surface area (Å²) in [6, 6.07) is 4.88. The van der Waals surface area contributed by atoms with Crippen molar-refractivity contribution in [2.24, 2.45) is 0 Å². The number of halogens is 1. The zero-order valence-corrected chi connectivity index (χ0v) is 14.4. The van der Waals surface area contributed by atoms with Crippen molar-refractivity contribution >= 4 is 30.1 Å². The van der Waals surface area contributed by atoms with Gasteiger partial charge in [0, 0.05) is 25.1 Å². The molecule has 0 radical (unpaired) electrons. The van der Waals surface area contributed by atoms with Crippen molar-refractivity contribution in [3.8, 4) is 5.75 Å². The molecule has 3 heterocycles. The third-order valence-electron chi connectivity index (χ3n) is 4.81. The third kappa shape index (κ3) is 3.34. The molecule has 1 aromatic carbocycles. The second-order valence-electron chi connectivity index (χ2n) is 6.45. The second-order valence-corrected chi connectivity index (χ2v) is 6.45. The molecule has 3 amide bonds. The summed E-state index contributed by atoms with van der Waals surface area (Å²) in [5, 5.41) is 5.56. The molecule has 7 nitrogen and oxygen atoms in total. The Balaban J connectivity index is 0.00000182. The van der Waals surface area contributed by atoms with Gasteiger partial charge in [-0.25, -0.2) is 0 Å². The van der Waals surface area contributed by atoms with Crippen molar-refractivity contribution in [2.75, 3.05) is 13.1 Å². The van der Waals surface area contributed by atoms with Crippen molar-refractivity contribution in [1.82, 2.24) is 15.5 Å². The lowest BCUT2D eigenvalue weighted by molar-refractivity contribution is -0.136. The fourth-order valence-electron chi connectivity index (χ4n) is 3.55. The number of benzene rings is 1. The standard InChI is InChI=1S/C17H19N3O4.ClH/c21-15-4-3-14(16(22)19-15)20-9-10-7-11(1-2-13(10)17(20)23)24-12-5-6-18-8-12;/h1-2,7,12,14,18H,3-6,8-9H2,(H,19,21,22);1H. The van der Waals surface area contributed by atoms with Crippen LogP contribution in [0.5, 0.6) is 5.75 Å². The fraction of sp³-hybridized carbons (Fsp3) is 0.471. The average molecular weight is 366 g/mol. The monoisotopic (exact) mass is 365 g/mol. The van der Waals surface area contributed by atoms with Crippen LogP contribution in [0, 0.1) is 0 Å². The van der Waals surface area contributed by atoms with Crippen LogP contribution in [0.15, 0.2) is 18.2 Å². The van der Waals surface area contributed by atoms with Gasteiger partial charge in [-0.15, -0.1) is 12.4 Å². The van der Waals surface area contributed by atoms with Crippen LogP contribution in [0.3, 0.4) is 0 Å². The summed E-state index contributed by atoms with van der Waals surface area (Å²) < 4.78 is 5.94. The summed E-state index contributed by atoms with van der Waals surface area (Å²) in [6.45, 7) is 2.16. The van der Waals surface area contributed by atoms with Gasteiger partial charge in [0.05, 0.1) is 0 Å². The van der Waals surface area contributed by atoms with Gasteiger partial charge in [-0.05, 0) is 43.1 Å². The second kappa shape index (κ2) is 7.01. The molecule has 2 N–H and O–H groups in total. The van der Waals surface area contributed by atoms with Crippen molar-refractivity contribution < 1.29 is 19.1 Å². The maximum Gasteiger partial charge on any atom is 0.255 e. The van der Waals surface area contributed by atoms with Crippen LogP contribution >= 0.6 is 12.4 Å². The highest BCUT2D eigenvalue weighted by Gasteiger charge is 2.39. The predicted molar refractivity (Wildman–Crippen MR) is 91.6 cm³/mol. The first-order valence-corrected chi connectivity index (χ1v) is 8.27. The molecule has 0 aliphatic carbocycles. The van der Waals surface area contributed by atoms with Gasteiger partial charge < -0.3 is 15.0 Å². The van der Waals surface area contributed by atoms with Crippen LogP contribution in [0.4, 0.5) is 0 Å². The minimum absolute atomic E-state index is 0. The van der Waals surface area contributed by atoms with Gasteiger partial charge >= 0.3 is 0 Å². The van der Waals surface area contributed by atoms with Gasteiger partial charge in [-0.1, -0.05) is 0 Å². The van der Waals surface area contributed by atoms with Crippen LogP contribution in [0.25, 0.3) is 0 Å².